The Bertz CT molecular complexity index is 880. The fourth-order valence-electron chi connectivity index (χ4n) is 3.30. The molecule has 1 amide bonds. The lowest BCUT2D eigenvalue weighted by Gasteiger charge is -2.16. The van der Waals surface area contributed by atoms with Crippen LogP contribution in [0.1, 0.15) is 42.4 Å². The molecule has 0 atom stereocenters. The number of nitrogens with one attached hydrogen (secondary N) is 2. The van der Waals surface area contributed by atoms with E-state index in [0.717, 1.165) is 30.4 Å². The van der Waals surface area contributed by atoms with Crippen molar-refractivity contribution < 1.29 is 13.2 Å². The summed E-state index contributed by atoms with van der Waals surface area (Å²) in [6, 6.07) is 15.1. The molecule has 0 saturated heterocycles. The number of amides is 1. The summed E-state index contributed by atoms with van der Waals surface area (Å²) in [5.74, 6) is -0.0770. The van der Waals surface area contributed by atoms with E-state index in [1.165, 1.54) is 12.0 Å². The van der Waals surface area contributed by atoms with E-state index in [-0.39, 0.29) is 12.5 Å². The fraction of sp³-hybridized carbons (Fsp3) is 0.381. The van der Waals surface area contributed by atoms with Crippen LogP contribution in [0, 0.1) is 0 Å². The van der Waals surface area contributed by atoms with Crippen LogP contribution in [0.15, 0.2) is 53.4 Å². The molecule has 0 spiro atoms. The molecular formula is C21H26N2O3S. The zero-order chi connectivity index (χ0) is 19.1. The highest BCUT2D eigenvalue weighted by Gasteiger charge is 2.17. The molecule has 2 N–H and O–H groups in total. The Morgan fingerprint density at radius 1 is 0.963 bits per heavy atom. The van der Waals surface area contributed by atoms with Gasteiger partial charge in [-0.1, -0.05) is 36.4 Å². The number of rotatable bonds is 8. The molecule has 0 fully saturated rings. The third kappa shape index (κ3) is 5.65. The summed E-state index contributed by atoms with van der Waals surface area (Å²) in [4.78, 5) is 12.2. The van der Waals surface area contributed by atoms with Gasteiger partial charge in [-0.2, -0.15) is 0 Å². The number of carbonyl (C=O) groups is 1. The van der Waals surface area contributed by atoms with Crippen molar-refractivity contribution in [3.63, 3.8) is 0 Å². The molecule has 1 aliphatic rings. The number of fused-ring (bicyclic) bond motifs is 1. The first-order chi connectivity index (χ1) is 13.0. The highest BCUT2D eigenvalue weighted by Crippen LogP contribution is 2.24. The molecule has 0 heterocycles. The number of hydrogen-bond donors (Lipinski definition) is 2. The molecule has 27 heavy (non-hydrogen) atoms. The summed E-state index contributed by atoms with van der Waals surface area (Å²) in [6.45, 7) is 0.735. The van der Waals surface area contributed by atoms with E-state index in [1.807, 2.05) is 36.4 Å². The van der Waals surface area contributed by atoms with Gasteiger partial charge in [0.1, 0.15) is 0 Å². The predicted molar refractivity (Wildman–Crippen MR) is 106 cm³/mol. The summed E-state index contributed by atoms with van der Waals surface area (Å²) < 4.78 is 27.5. The normalized spacial score (nSPS) is 13.8. The molecule has 0 saturated carbocycles. The van der Waals surface area contributed by atoms with Crippen molar-refractivity contribution in [2.24, 2.45) is 0 Å². The number of carbonyl (C=O) groups excluding carboxylic acids is 1. The van der Waals surface area contributed by atoms with Crippen LogP contribution < -0.4 is 10.0 Å². The standard InChI is InChI=1S/C21H26N2O3S/c24-21(22-16-17-7-2-1-3-8-17)11-6-14-23-27(25,26)20-13-12-18-9-4-5-10-19(18)15-20/h1-3,7-8,12-13,15,23H,4-6,9-11,14,16H2,(H,22,24). The summed E-state index contributed by atoms with van der Waals surface area (Å²) in [6.07, 6.45) is 5.01. The topological polar surface area (TPSA) is 75.3 Å². The largest absolute Gasteiger partial charge is 0.352 e. The summed E-state index contributed by atoms with van der Waals surface area (Å²) in [7, 11) is -3.53. The second-order valence-electron chi connectivity index (χ2n) is 6.90. The summed E-state index contributed by atoms with van der Waals surface area (Å²) in [5, 5.41) is 2.85. The van der Waals surface area contributed by atoms with E-state index in [2.05, 4.69) is 10.0 Å². The average molecular weight is 387 g/mol. The smallest absolute Gasteiger partial charge is 0.240 e. The quantitative estimate of drug-likeness (QED) is 0.685. The second-order valence-corrected chi connectivity index (χ2v) is 8.67. The van der Waals surface area contributed by atoms with Gasteiger partial charge >= 0.3 is 0 Å². The first kappa shape index (κ1) is 19.6. The van der Waals surface area contributed by atoms with Crippen LogP contribution in [-0.2, 0) is 34.2 Å². The van der Waals surface area contributed by atoms with E-state index < -0.39 is 10.0 Å². The Hall–Kier alpha value is -2.18. The lowest BCUT2D eigenvalue weighted by atomic mass is 9.92. The number of aryl methyl sites for hydroxylation is 2. The molecule has 3 rings (SSSR count). The Kier molecular flexibility index (Phi) is 6.63. The number of benzene rings is 2. The summed E-state index contributed by atoms with van der Waals surface area (Å²) in [5.41, 5.74) is 3.44. The molecule has 5 nitrogen and oxygen atoms in total. The third-order valence-electron chi connectivity index (χ3n) is 4.84. The summed E-state index contributed by atoms with van der Waals surface area (Å²) >= 11 is 0. The van der Waals surface area contributed by atoms with Crippen LogP contribution in [0.4, 0.5) is 0 Å². The minimum atomic E-state index is -3.53. The van der Waals surface area contributed by atoms with Gasteiger partial charge in [-0.05, 0) is 60.9 Å². The Morgan fingerprint density at radius 2 is 1.70 bits per heavy atom. The molecule has 0 aromatic heterocycles. The number of sulfonamides is 1. The van der Waals surface area contributed by atoms with Crippen LogP contribution in [0.25, 0.3) is 0 Å². The van der Waals surface area contributed by atoms with Crippen molar-refractivity contribution in [3.05, 3.63) is 65.2 Å². The maximum absolute atomic E-state index is 12.5. The van der Waals surface area contributed by atoms with Gasteiger partial charge in [0.15, 0.2) is 0 Å². The minimum Gasteiger partial charge on any atom is -0.352 e. The molecule has 6 heteroatoms. The van der Waals surface area contributed by atoms with Crippen LogP contribution in [-0.4, -0.2) is 20.9 Å². The van der Waals surface area contributed by atoms with Crippen molar-refractivity contribution in [2.45, 2.75) is 50.0 Å². The van der Waals surface area contributed by atoms with Crippen LogP contribution in [0.2, 0.25) is 0 Å². The molecule has 2 aromatic rings. The van der Waals surface area contributed by atoms with Gasteiger partial charge in [-0.15, -0.1) is 0 Å². The molecule has 1 aliphatic carbocycles. The van der Waals surface area contributed by atoms with Gasteiger partial charge in [0.25, 0.3) is 0 Å². The first-order valence-electron chi connectivity index (χ1n) is 9.47. The monoisotopic (exact) mass is 386 g/mol. The molecule has 2 aromatic carbocycles. The fourth-order valence-corrected chi connectivity index (χ4v) is 4.43. The van der Waals surface area contributed by atoms with E-state index in [1.54, 1.807) is 12.1 Å². The Morgan fingerprint density at radius 3 is 2.48 bits per heavy atom. The van der Waals surface area contributed by atoms with Gasteiger partial charge in [0, 0.05) is 19.5 Å². The van der Waals surface area contributed by atoms with E-state index in [4.69, 9.17) is 0 Å². The lowest BCUT2D eigenvalue weighted by Crippen LogP contribution is -2.27. The Balaban J connectivity index is 1.43. The van der Waals surface area contributed by atoms with Crippen molar-refractivity contribution in [2.75, 3.05) is 6.54 Å². The highest BCUT2D eigenvalue weighted by atomic mass is 32.2. The van der Waals surface area contributed by atoms with Gasteiger partial charge in [-0.3, -0.25) is 4.79 Å². The SMILES string of the molecule is O=C(CCCNS(=O)(=O)c1ccc2c(c1)CCCC2)NCc1ccccc1. The van der Waals surface area contributed by atoms with Crippen molar-refractivity contribution in [1.82, 2.24) is 10.0 Å². The van der Waals surface area contributed by atoms with Gasteiger partial charge < -0.3 is 5.32 Å². The van der Waals surface area contributed by atoms with Gasteiger partial charge in [-0.25, -0.2) is 13.1 Å². The predicted octanol–water partition coefficient (Wildman–Crippen LogP) is 2.94. The Labute approximate surface area is 161 Å². The first-order valence-corrected chi connectivity index (χ1v) is 10.9. The van der Waals surface area contributed by atoms with Crippen molar-refractivity contribution in [3.8, 4) is 0 Å². The van der Waals surface area contributed by atoms with Crippen LogP contribution in [0.5, 0.6) is 0 Å². The molecule has 0 aliphatic heterocycles. The molecule has 0 unspecified atom stereocenters. The molecule has 0 bridgehead atoms. The zero-order valence-corrected chi connectivity index (χ0v) is 16.2. The molecular weight excluding hydrogens is 360 g/mol. The molecule has 0 radical (unpaired) electrons. The van der Waals surface area contributed by atoms with Crippen molar-refractivity contribution >= 4 is 15.9 Å². The average Bonchev–Trinajstić information content (AvgIpc) is 2.70. The van der Waals surface area contributed by atoms with E-state index >= 15 is 0 Å². The van der Waals surface area contributed by atoms with E-state index in [9.17, 15) is 13.2 Å². The zero-order valence-electron chi connectivity index (χ0n) is 15.4. The highest BCUT2D eigenvalue weighted by molar-refractivity contribution is 7.89. The third-order valence-corrected chi connectivity index (χ3v) is 6.29. The number of hydrogen-bond acceptors (Lipinski definition) is 3. The van der Waals surface area contributed by atoms with Gasteiger partial charge in [0.2, 0.25) is 15.9 Å². The van der Waals surface area contributed by atoms with Crippen LogP contribution >= 0.6 is 0 Å². The maximum atomic E-state index is 12.5. The second kappa shape index (κ2) is 9.15. The van der Waals surface area contributed by atoms with Crippen LogP contribution in [0.3, 0.4) is 0 Å². The van der Waals surface area contributed by atoms with E-state index in [0.29, 0.717) is 24.3 Å². The minimum absolute atomic E-state index is 0.0770. The van der Waals surface area contributed by atoms with Gasteiger partial charge in [0.05, 0.1) is 4.90 Å². The van der Waals surface area contributed by atoms with Crippen molar-refractivity contribution in [1.29, 1.82) is 0 Å². The lowest BCUT2D eigenvalue weighted by molar-refractivity contribution is -0.121. The molecule has 144 valence electrons. The maximum Gasteiger partial charge on any atom is 0.240 e.